The molecule has 0 radical (unpaired) electrons. The molecule has 29 heavy (non-hydrogen) atoms. The maximum absolute atomic E-state index is 4.74. The molecule has 3 heteroatoms. The number of hydrogen-bond acceptors (Lipinski definition) is 3. The molecule has 1 saturated heterocycles. The number of benzene rings is 3. The highest BCUT2D eigenvalue weighted by Crippen LogP contribution is 2.46. The van der Waals surface area contributed by atoms with Crippen molar-refractivity contribution in [3.63, 3.8) is 0 Å². The molecule has 3 nitrogen and oxygen atoms in total. The normalized spacial score (nSPS) is 16.9. The molecule has 0 N–H and O–H groups in total. The van der Waals surface area contributed by atoms with E-state index in [-0.39, 0.29) is 0 Å². The van der Waals surface area contributed by atoms with Crippen LogP contribution in [0.5, 0.6) is 0 Å². The lowest BCUT2D eigenvalue weighted by molar-refractivity contribution is 0.114. The third kappa shape index (κ3) is 3.47. The zero-order valence-electron chi connectivity index (χ0n) is 17.0. The van der Waals surface area contributed by atoms with Crippen molar-refractivity contribution in [2.75, 3.05) is 26.2 Å². The van der Waals surface area contributed by atoms with Gasteiger partial charge < -0.3 is 0 Å². The number of hydrazone groups is 1. The fourth-order valence-corrected chi connectivity index (χ4v) is 4.60. The Balaban J connectivity index is 1.29. The molecule has 1 aliphatic carbocycles. The first kappa shape index (κ1) is 18.1. The van der Waals surface area contributed by atoms with Crippen LogP contribution in [-0.4, -0.2) is 42.3 Å². The van der Waals surface area contributed by atoms with Crippen molar-refractivity contribution < 1.29 is 0 Å². The summed E-state index contributed by atoms with van der Waals surface area (Å²) in [6.07, 6.45) is 3.07. The van der Waals surface area contributed by atoms with E-state index in [1.54, 1.807) is 0 Å². The standard InChI is InChI=1S/C26H27N3/c1-2-20-11-13-21(14-12-20)19-27-29-17-15-28(16-18-29)26-24-9-5-3-7-22(24)23-8-4-6-10-25(23)26/h3-14,19,26H,2,15-18H2,1H3/b27-19-. The minimum Gasteiger partial charge on any atom is -0.294 e. The second kappa shape index (κ2) is 7.84. The average Bonchev–Trinajstić information content (AvgIpc) is 3.13. The summed E-state index contributed by atoms with van der Waals surface area (Å²) in [5.74, 6) is 0. The van der Waals surface area contributed by atoms with E-state index in [2.05, 4.69) is 89.6 Å². The quantitative estimate of drug-likeness (QED) is 0.594. The summed E-state index contributed by atoms with van der Waals surface area (Å²) < 4.78 is 0. The first-order valence-electron chi connectivity index (χ1n) is 10.6. The summed E-state index contributed by atoms with van der Waals surface area (Å²) in [4.78, 5) is 2.62. The lowest BCUT2D eigenvalue weighted by atomic mass is 10.0. The Morgan fingerprint density at radius 2 is 1.38 bits per heavy atom. The highest BCUT2D eigenvalue weighted by molar-refractivity contribution is 5.79. The van der Waals surface area contributed by atoms with Crippen LogP contribution in [0.3, 0.4) is 0 Å². The Morgan fingerprint density at radius 1 is 0.793 bits per heavy atom. The van der Waals surface area contributed by atoms with Gasteiger partial charge in [-0.15, -0.1) is 0 Å². The van der Waals surface area contributed by atoms with Gasteiger partial charge in [0.25, 0.3) is 0 Å². The van der Waals surface area contributed by atoms with Crippen LogP contribution >= 0.6 is 0 Å². The van der Waals surface area contributed by atoms with Gasteiger partial charge in [-0.3, -0.25) is 9.91 Å². The zero-order chi connectivity index (χ0) is 19.6. The van der Waals surface area contributed by atoms with Crippen molar-refractivity contribution >= 4 is 6.21 Å². The molecule has 1 aliphatic heterocycles. The SMILES string of the molecule is CCc1ccc(/C=N\N2CCN(C3c4ccccc4-c4ccccc43)CC2)cc1. The van der Waals surface area contributed by atoms with Gasteiger partial charge in [0.2, 0.25) is 0 Å². The van der Waals surface area contributed by atoms with E-state index >= 15 is 0 Å². The summed E-state index contributed by atoms with van der Waals surface area (Å²) in [5.41, 5.74) is 8.22. The minimum atomic E-state index is 0.370. The molecule has 0 atom stereocenters. The molecule has 0 aromatic heterocycles. The third-order valence-corrected chi connectivity index (χ3v) is 6.21. The molecule has 0 bridgehead atoms. The summed E-state index contributed by atoms with van der Waals surface area (Å²) in [5, 5.41) is 6.95. The number of hydrogen-bond donors (Lipinski definition) is 0. The molecular weight excluding hydrogens is 354 g/mol. The first-order valence-corrected chi connectivity index (χ1v) is 10.6. The number of fused-ring (bicyclic) bond motifs is 3. The van der Waals surface area contributed by atoms with Crippen LogP contribution in [-0.2, 0) is 6.42 Å². The number of rotatable bonds is 4. The molecule has 0 amide bonds. The maximum Gasteiger partial charge on any atom is 0.0615 e. The van der Waals surface area contributed by atoms with Crippen LogP contribution in [0.1, 0.15) is 35.2 Å². The molecule has 0 spiro atoms. The van der Waals surface area contributed by atoms with Gasteiger partial charge in [0.05, 0.1) is 12.3 Å². The van der Waals surface area contributed by atoms with Crippen molar-refractivity contribution in [2.45, 2.75) is 19.4 Å². The molecule has 146 valence electrons. The molecule has 1 heterocycles. The van der Waals surface area contributed by atoms with Gasteiger partial charge in [0.15, 0.2) is 0 Å². The highest BCUT2D eigenvalue weighted by atomic mass is 15.5. The molecular formula is C26H27N3. The Labute approximate surface area is 173 Å². The van der Waals surface area contributed by atoms with Gasteiger partial charge in [0.1, 0.15) is 0 Å². The van der Waals surface area contributed by atoms with Crippen molar-refractivity contribution in [3.05, 3.63) is 95.1 Å². The molecule has 0 unspecified atom stereocenters. The molecule has 5 rings (SSSR count). The van der Waals surface area contributed by atoms with E-state index in [1.165, 1.54) is 33.4 Å². The minimum absolute atomic E-state index is 0.370. The summed E-state index contributed by atoms with van der Waals surface area (Å²) in [7, 11) is 0. The molecule has 0 saturated carbocycles. The van der Waals surface area contributed by atoms with E-state index in [0.717, 1.165) is 32.6 Å². The Bertz CT molecular complexity index is 969. The third-order valence-electron chi connectivity index (χ3n) is 6.21. The van der Waals surface area contributed by atoms with E-state index < -0.39 is 0 Å². The van der Waals surface area contributed by atoms with Crippen molar-refractivity contribution in [3.8, 4) is 11.1 Å². The summed E-state index contributed by atoms with van der Waals surface area (Å²) >= 11 is 0. The lowest BCUT2D eigenvalue weighted by Gasteiger charge is -2.37. The van der Waals surface area contributed by atoms with Crippen LogP contribution in [0.15, 0.2) is 77.9 Å². The van der Waals surface area contributed by atoms with Crippen molar-refractivity contribution in [2.24, 2.45) is 5.10 Å². The second-order valence-electron chi connectivity index (χ2n) is 7.91. The smallest absolute Gasteiger partial charge is 0.0615 e. The maximum atomic E-state index is 4.74. The zero-order valence-corrected chi connectivity index (χ0v) is 17.0. The summed E-state index contributed by atoms with van der Waals surface area (Å²) in [6, 6.07) is 26.8. The fraction of sp³-hybridized carbons (Fsp3) is 0.269. The fourth-order valence-electron chi connectivity index (χ4n) is 4.60. The molecule has 1 fully saturated rings. The Morgan fingerprint density at radius 3 is 1.97 bits per heavy atom. The van der Waals surface area contributed by atoms with Crippen LogP contribution in [0, 0.1) is 0 Å². The predicted molar refractivity (Wildman–Crippen MR) is 120 cm³/mol. The average molecular weight is 382 g/mol. The number of aryl methyl sites for hydroxylation is 1. The Hall–Kier alpha value is -2.91. The van der Waals surface area contributed by atoms with Gasteiger partial charge in [-0.05, 0) is 39.8 Å². The first-order chi connectivity index (χ1) is 14.3. The van der Waals surface area contributed by atoms with Crippen molar-refractivity contribution in [1.29, 1.82) is 0 Å². The molecule has 3 aromatic rings. The van der Waals surface area contributed by atoms with Gasteiger partial charge in [-0.1, -0.05) is 79.7 Å². The molecule has 3 aromatic carbocycles. The topological polar surface area (TPSA) is 18.8 Å². The van der Waals surface area contributed by atoms with E-state index in [0.29, 0.717) is 6.04 Å². The van der Waals surface area contributed by atoms with E-state index in [1.807, 2.05) is 6.21 Å². The van der Waals surface area contributed by atoms with Crippen molar-refractivity contribution in [1.82, 2.24) is 9.91 Å². The molecule has 2 aliphatic rings. The van der Waals surface area contributed by atoms with Crippen LogP contribution in [0.25, 0.3) is 11.1 Å². The predicted octanol–water partition coefficient (Wildman–Crippen LogP) is 4.97. The summed E-state index contributed by atoms with van der Waals surface area (Å²) in [6.45, 7) is 6.16. The van der Waals surface area contributed by atoms with Gasteiger partial charge >= 0.3 is 0 Å². The highest BCUT2D eigenvalue weighted by Gasteiger charge is 2.33. The lowest BCUT2D eigenvalue weighted by Crippen LogP contribution is -2.45. The largest absolute Gasteiger partial charge is 0.294 e. The van der Waals surface area contributed by atoms with E-state index in [4.69, 9.17) is 5.10 Å². The van der Waals surface area contributed by atoms with Gasteiger partial charge in [0, 0.05) is 26.2 Å². The van der Waals surface area contributed by atoms with Gasteiger partial charge in [-0.2, -0.15) is 5.10 Å². The van der Waals surface area contributed by atoms with Crippen LogP contribution < -0.4 is 0 Å². The van der Waals surface area contributed by atoms with E-state index in [9.17, 15) is 0 Å². The Kier molecular flexibility index (Phi) is 4.91. The van der Waals surface area contributed by atoms with Crippen LogP contribution in [0.4, 0.5) is 0 Å². The second-order valence-corrected chi connectivity index (χ2v) is 7.91. The van der Waals surface area contributed by atoms with Crippen LogP contribution in [0.2, 0.25) is 0 Å². The number of piperazine rings is 1. The van der Waals surface area contributed by atoms with Gasteiger partial charge in [-0.25, -0.2) is 0 Å². The monoisotopic (exact) mass is 381 g/mol. The number of nitrogens with zero attached hydrogens (tertiary/aromatic N) is 3.